The quantitative estimate of drug-likeness (QED) is 0.868. The first kappa shape index (κ1) is 13.0. The van der Waals surface area contributed by atoms with Crippen LogP contribution < -0.4 is 0 Å². The van der Waals surface area contributed by atoms with Gasteiger partial charge in [-0.2, -0.15) is 0 Å². The average molecular weight is 284 g/mol. The number of hydrogen-bond acceptors (Lipinski definition) is 4. The van der Waals surface area contributed by atoms with Gasteiger partial charge in [0.15, 0.2) is 5.76 Å². The first-order valence-corrected chi connectivity index (χ1v) is 7.63. The number of hydrogen-bond donors (Lipinski definition) is 0. The molecule has 1 aromatic carbocycles. The van der Waals surface area contributed by atoms with Crippen molar-refractivity contribution in [3.05, 3.63) is 42.4 Å². The Bertz CT molecular complexity index is 602. The van der Waals surface area contributed by atoms with Crippen molar-refractivity contribution in [3.8, 4) is 11.3 Å². The van der Waals surface area contributed by atoms with Crippen molar-refractivity contribution in [1.29, 1.82) is 0 Å². The van der Waals surface area contributed by atoms with Crippen molar-refractivity contribution >= 4 is 0 Å². The summed E-state index contributed by atoms with van der Waals surface area (Å²) in [6.45, 7) is 4.87. The molecular weight excluding hydrogens is 264 g/mol. The predicted molar refractivity (Wildman–Crippen MR) is 79.7 cm³/mol. The summed E-state index contributed by atoms with van der Waals surface area (Å²) < 4.78 is 11.5. The number of benzene rings is 1. The molecule has 0 aliphatic carbocycles. The van der Waals surface area contributed by atoms with Gasteiger partial charge in [-0.15, -0.1) is 0 Å². The van der Waals surface area contributed by atoms with Crippen LogP contribution >= 0.6 is 0 Å². The van der Waals surface area contributed by atoms with E-state index in [1.165, 1.54) is 12.8 Å². The highest BCUT2D eigenvalue weighted by molar-refractivity contribution is 5.55. The lowest BCUT2D eigenvalue weighted by atomic mass is 9.87. The Morgan fingerprint density at radius 3 is 2.90 bits per heavy atom. The van der Waals surface area contributed by atoms with Crippen molar-refractivity contribution in [1.82, 2.24) is 9.88 Å². The maximum atomic E-state index is 5.90. The van der Waals surface area contributed by atoms with Gasteiger partial charge in [-0.3, -0.25) is 4.90 Å². The standard InChI is InChI=1S/C17H20N2O2/c1-2-4-14(5-3-1)15-10-18-16(21-15)11-19-8-6-17(12-19)7-9-20-13-17/h1-5,10H,6-9,11-13H2. The monoisotopic (exact) mass is 284 g/mol. The first-order chi connectivity index (χ1) is 10.3. The Morgan fingerprint density at radius 2 is 2.10 bits per heavy atom. The fourth-order valence-corrected chi connectivity index (χ4v) is 3.44. The Labute approximate surface area is 124 Å². The summed E-state index contributed by atoms with van der Waals surface area (Å²) in [4.78, 5) is 6.87. The molecule has 0 radical (unpaired) electrons. The van der Waals surface area contributed by atoms with Gasteiger partial charge in [0.2, 0.25) is 5.89 Å². The molecule has 0 amide bonds. The molecule has 4 nitrogen and oxygen atoms in total. The van der Waals surface area contributed by atoms with Gasteiger partial charge < -0.3 is 9.15 Å². The Balaban J connectivity index is 1.43. The van der Waals surface area contributed by atoms with Crippen LogP contribution in [-0.2, 0) is 11.3 Å². The molecule has 2 aliphatic rings. The lowest BCUT2D eigenvalue weighted by molar-refractivity contribution is 0.150. The summed E-state index contributed by atoms with van der Waals surface area (Å²) in [6.07, 6.45) is 4.26. The maximum Gasteiger partial charge on any atom is 0.209 e. The summed E-state index contributed by atoms with van der Waals surface area (Å²) in [5, 5.41) is 0. The number of likely N-dealkylation sites (tertiary alicyclic amines) is 1. The van der Waals surface area contributed by atoms with Crippen LogP contribution in [0.1, 0.15) is 18.7 Å². The number of rotatable bonds is 3. The van der Waals surface area contributed by atoms with Crippen LogP contribution in [0.3, 0.4) is 0 Å². The van der Waals surface area contributed by atoms with E-state index < -0.39 is 0 Å². The van der Waals surface area contributed by atoms with Crippen LogP contribution in [0.15, 0.2) is 40.9 Å². The number of aromatic nitrogens is 1. The molecule has 1 aromatic heterocycles. The van der Waals surface area contributed by atoms with Gasteiger partial charge in [0.25, 0.3) is 0 Å². The largest absolute Gasteiger partial charge is 0.439 e. The van der Waals surface area contributed by atoms with Gasteiger partial charge >= 0.3 is 0 Å². The molecule has 21 heavy (non-hydrogen) atoms. The fourth-order valence-electron chi connectivity index (χ4n) is 3.44. The van der Waals surface area contributed by atoms with E-state index in [0.29, 0.717) is 5.41 Å². The first-order valence-electron chi connectivity index (χ1n) is 7.63. The van der Waals surface area contributed by atoms with Crippen LogP contribution in [-0.4, -0.2) is 36.2 Å². The van der Waals surface area contributed by atoms with Crippen molar-refractivity contribution in [2.45, 2.75) is 19.4 Å². The molecule has 0 N–H and O–H groups in total. The van der Waals surface area contributed by atoms with E-state index in [-0.39, 0.29) is 0 Å². The molecule has 110 valence electrons. The van der Waals surface area contributed by atoms with E-state index in [1.807, 2.05) is 36.5 Å². The molecule has 4 rings (SSSR count). The van der Waals surface area contributed by atoms with E-state index in [9.17, 15) is 0 Å². The topological polar surface area (TPSA) is 38.5 Å². The van der Waals surface area contributed by atoms with Crippen molar-refractivity contribution in [2.24, 2.45) is 5.41 Å². The highest BCUT2D eigenvalue weighted by Crippen LogP contribution is 2.38. The summed E-state index contributed by atoms with van der Waals surface area (Å²) in [6, 6.07) is 10.1. The molecule has 0 saturated carbocycles. The number of oxazole rings is 1. The lowest BCUT2D eigenvalue weighted by Gasteiger charge is -2.21. The normalized spacial score (nSPS) is 25.9. The summed E-state index contributed by atoms with van der Waals surface area (Å²) >= 11 is 0. The average Bonchev–Trinajstić information content (AvgIpc) is 3.24. The second-order valence-corrected chi connectivity index (χ2v) is 6.25. The smallest absolute Gasteiger partial charge is 0.209 e. The van der Waals surface area contributed by atoms with Crippen LogP contribution in [0.4, 0.5) is 0 Å². The molecule has 2 saturated heterocycles. The Kier molecular flexibility index (Phi) is 3.28. The molecule has 3 heterocycles. The van der Waals surface area contributed by atoms with Gasteiger partial charge in [0, 0.05) is 24.1 Å². The second-order valence-electron chi connectivity index (χ2n) is 6.25. The fraction of sp³-hybridized carbons (Fsp3) is 0.471. The third-order valence-electron chi connectivity index (χ3n) is 4.67. The van der Waals surface area contributed by atoms with Gasteiger partial charge in [0.05, 0.1) is 19.3 Å². The Hall–Kier alpha value is -1.65. The van der Waals surface area contributed by atoms with Gasteiger partial charge in [-0.25, -0.2) is 4.98 Å². The maximum absolute atomic E-state index is 5.90. The third kappa shape index (κ3) is 2.61. The number of nitrogens with zero attached hydrogens (tertiary/aromatic N) is 2. The molecule has 2 aliphatic heterocycles. The molecule has 1 spiro atoms. The second kappa shape index (κ2) is 5.28. The van der Waals surface area contributed by atoms with E-state index in [2.05, 4.69) is 9.88 Å². The third-order valence-corrected chi connectivity index (χ3v) is 4.67. The minimum Gasteiger partial charge on any atom is -0.439 e. The highest BCUT2D eigenvalue weighted by Gasteiger charge is 2.41. The van der Waals surface area contributed by atoms with Crippen molar-refractivity contribution in [2.75, 3.05) is 26.3 Å². The SMILES string of the molecule is c1ccc(-c2cnc(CN3CCC4(CCOC4)C3)o2)cc1. The zero-order valence-corrected chi connectivity index (χ0v) is 12.1. The van der Waals surface area contributed by atoms with E-state index in [4.69, 9.17) is 9.15 Å². The van der Waals surface area contributed by atoms with E-state index >= 15 is 0 Å². The van der Waals surface area contributed by atoms with Crippen molar-refractivity contribution in [3.63, 3.8) is 0 Å². The van der Waals surface area contributed by atoms with Gasteiger partial charge in [-0.1, -0.05) is 30.3 Å². The van der Waals surface area contributed by atoms with Crippen LogP contribution in [0.25, 0.3) is 11.3 Å². The zero-order chi connectivity index (χ0) is 14.1. The molecule has 4 heteroatoms. The molecular formula is C17H20N2O2. The van der Waals surface area contributed by atoms with Crippen molar-refractivity contribution < 1.29 is 9.15 Å². The summed E-state index contributed by atoms with van der Waals surface area (Å²) in [7, 11) is 0. The van der Waals surface area contributed by atoms with Gasteiger partial charge in [-0.05, 0) is 19.4 Å². The molecule has 0 bridgehead atoms. The van der Waals surface area contributed by atoms with Crippen LogP contribution in [0, 0.1) is 5.41 Å². The minimum absolute atomic E-state index is 0.398. The zero-order valence-electron chi connectivity index (χ0n) is 12.1. The van der Waals surface area contributed by atoms with E-state index in [1.54, 1.807) is 0 Å². The summed E-state index contributed by atoms with van der Waals surface area (Å²) in [5.41, 5.74) is 1.48. The van der Waals surface area contributed by atoms with Crippen LogP contribution in [0.2, 0.25) is 0 Å². The molecule has 1 unspecified atom stereocenters. The van der Waals surface area contributed by atoms with E-state index in [0.717, 1.165) is 50.1 Å². The van der Waals surface area contributed by atoms with Gasteiger partial charge in [0.1, 0.15) is 0 Å². The predicted octanol–water partition coefficient (Wildman–Crippen LogP) is 2.95. The Morgan fingerprint density at radius 1 is 1.19 bits per heavy atom. The lowest BCUT2D eigenvalue weighted by Crippen LogP contribution is -2.27. The molecule has 2 fully saturated rings. The highest BCUT2D eigenvalue weighted by atomic mass is 16.5. The summed E-state index contributed by atoms with van der Waals surface area (Å²) in [5.74, 6) is 1.66. The molecule has 2 aromatic rings. The number of ether oxygens (including phenoxy) is 1. The molecule has 1 atom stereocenters. The minimum atomic E-state index is 0.398. The van der Waals surface area contributed by atoms with Crippen LogP contribution in [0.5, 0.6) is 0 Å².